The molecule has 1 aromatic carbocycles. The van der Waals surface area contributed by atoms with Gasteiger partial charge in [0.1, 0.15) is 0 Å². The van der Waals surface area contributed by atoms with Crippen LogP contribution in [0.15, 0.2) is 24.3 Å². The van der Waals surface area contributed by atoms with E-state index in [0.717, 1.165) is 0 Å². The fourth-order valence-corrected chi connectivity index (χ4v) is 2.70. The number of hydrogen-bond donors (Lipinski definition) is 2. The number of amides is 3. The maximum atomic E-state index is 12.3. The van der Waals surface area contributed by atoms with Crippen molar-refractivity contribution in [1.82, 2.24) is 4.90 Å². The maximum absolute atomic E-state index is 12.3. The van der Waals surface area contributed by atoms with E-state index in [2.05, 4.69) is 10.6 Å². The zero-order chi connectivity index (χ0) is 16.8. The van der Waals surface area contributed by atoms with Crippen molar-refractivity contribution < 1.29 is 14.4 Å². The molecular formula is C17H23N3O3. The van der Waals surface area contributed by atoms with Gasteiger partial charge in [0.15, 0.2) is 0 Å². The second-order valence-corrected chi connectivity index (χ2v) is 5.76. The number of nitrogens with zero attached hydrogens (tertiary/aromatic N) is 1. The molecule has 1 heterocycles. The van der Waals surface area contributed by atoms with Gasteiger partial charge in [0.2, 0.25) is 17.7 Å². The Morgan fingerprint density at radius 2 is 1.57 bits per heavy atom. The zero-order valence-corrected chi connectivity index (χ0v) is 13.6. The van der Waals surface area contributed by atoms with Crippen LogP contribution >= 0.6 is 0 Å². The van der Waals surface area contributed by atoms with Crippen LogP contribution in [-0.2, 0) is 14.4 Å². The minimum Gasteiger partial charge on any atom is -0.343 e. The quantitative estimate of drug-likeness (QED) is 0.894. The molecule has 2 N–H and O–H groups in total. The molecule has 1 aliphatic rings. The van der Waals surface area contributed by atoms with Crippen LogP contribution in [-0.4, -0.2) is 35.7 Å². The molecule has 2 rings (SSSR count). The minimum atomic E-state index is -0.129. The average molecular weight is 317 g/mol. The van der Waals surface area contributed by atoms with E-state index >= 15 is 0 Å². The van der Waals surface area contributed by atoms with Gasteiger partial charge in [-0.1, -0.05) is 6.92 Å². The number of likely N-dealkylation sites (tertiary alicyclic amines) is 1. The first kappa shape index (κ1) is 17.0. The smallest absolute Gasteiger partial charge is 0.227 e. The van der Waals surface area contributed by atoms with Gasteiger partial charge in [0.25, 0.3) is 0 Å². The third kappa shape index (κ3) is 4.81. The van der Waals surface area contributed by atoms with Crippen LogP contribution in [0.5, 0.6) is 0 Å². The molecule has 1 aliphatic heterocycles. The van der Waals surface area contributed by atoms with E-state index in [4.69, 9.17) is 0 Å². The molecule has 0 spiro atoms. The number of anilines is 2. The number of hydrogen-bond acceptors (Lipinski definition) is 3. The lowest BCUT2D eigenvalue weighted by Crippen LogP contribution is -2.41. The summed E-state index contributed by atoms with van der Waals surface area (Å²) in [6.45, 7) is 4.59. The van der Waals surface area contributed by atoms with Crippen molar-refractivity contribution in [2.75, 3.05) is 23.7 Å². The molecule has 1 fully saturated rings. The summed E-state index contributed by atoms with van der Waals surface area (Å²) in [6, 6.07) is 7.02. The summed E-state index contributed by atoms with van der Waals surface area (Å²) in [5, 5.41) is 5.58. The monoisotopic (exact) mass is 317 g/mol. The fourth-order valence-electron chi connectivity index (χ4n) is 2.70. The summed E-state index contributed by atoms with van der Waals surface area (Å²) in [4.78, 5) is 36.7. The zero-order valence-electron chi connectivity index (χ0n) is 13.6. The molecule has 0 atom stereocenters. The summed E-state index contributed by atoms with van der Waals surface area (Å²) in [6.07, 6.45) is 1.90. The first-order valence-electron chi connectivity index (χ1n) is 7.96. The Morgan fingerprint density at radius 3 is 2.04 bits per heavy atom. The molecule has 23 heavy (non-hydrogen) atoms. The third-order valence-electron chi connectivity index (χ3n) is 3.99. The highest BCUT2D eigenvalue weighted by atomic mass is 16.2. The van der Waals surface area contributed by atoms with E-state index in [-0.39, 0.29) is 23.6 Å². The van der Waals surface area contributed by atoms with Crippen molar-refractivity contribution in [2.45, 2.75) is 33.1 Å². The van der Waals surface area contributed by atoms with Gasteiger partial charge in [-0.2, -0.15) is 0 Å². The van der Waals surface area contributed by atoms with E-state index < -0.39 is 0 Å². The number of piperidine rings is 1. The summed E-state index contributed by atoms with van der Waals surface area (Å²) >= 11 is 0. The highest BCUT2D eigenvalue weighted by Gasteiger charge is 2.26. The number of rotatable bonds is 4. The standard InChI is InChI=1S/C17H23N3O3/c1-3-16(22)20-10-8-13(9-11-20)17(23)19-15-6-4-14(5-7-15)18-12(2)21/h4-7,13H,3,8-11H2,1-2H3,(H,18,21)(H,19,23). The van der Waals surface area contributed by atoms with Crippen molar-refractivity contribution in [2.24, 2.45) is 5.92 Å². The second kappa shape index (κ2) is 7.76. The summed E-state index contributed by atoms with van der Waals surface area (Å²) in [5.74, 6) is -0.0561. The van der Waals surface area contributed by atoms with Gasteiger partial charge in [0.05, 0.1) is 0 Å². The third-order valence-corrected chi connectivity index (χ3v) is 3.99. The normalized spacial score (nSPS) is 15.1. The summed E-state index contributed by atoms with van der Waals surface area (Å²) < 4.78 is 0. The van der Waals surface area contributed by atoms with Gasteiger partial charge in [-0.25, -0.2) is 0 Å². The molecule has 3 amide bonds. The predicted octanol–water partition coefficient (Wildman–Crippen LogP) is 2.23. The topological polar surface area (TPSA) is 78.5 Å². The molecule has 0 aromatic heterocycles. The predicted molar refractivity (Wildman–Crippen MR) is 89.0 cm³/mol. The molecule has 124 valence electrons. The molecule has 0 aliphatic carbocycles. The number of benzene rings is 1. The van der Waals surface area contributed by atoms with E-state index in [1.807, 2.05) is 11.8 Å². The van der Waals surface area contributed by atoms with Gasteiger partial charge in [-0.15, -0.1) is 0 Å². The largest absolute Gasteiger partial charge is 0.343 e. The van der Waals surface area contributed by atoms with Crippen molar-refractivity contribution in [1.29, 1.82) is 0 Å². The Bertz CT molecular complexity index is 575. The molecule has 0 unspecified atom stereocenters. The van der Waals surface area contributed by atoms with Gasteiger partial charge in [-0.3, -0.25) is 14.4 Å². The van der Waals surface area contributed by atoms with Crippen LogP contribution in [0, 0.1) is 5.92 Å². The van der Waals surface area contributed by atoms with Crippen LogP contribution in [0.3, 0.4) is 0 Å². The van der Waals surface area contributed by atoms with Crippen LogP contribution < -0.4 is 10.6 Å². The van der Waals surface area contributed by atoms with Crippen LogP contribution in [0.4, 0.5) is 11.4 Å². The summed E-state index contributed by atoms with van der Waals surface area (Å²) in [5.41, 5.74) is 1.40. The van der Waals surface area contributed by atoms with Crippen molar-refractivity contribution in [3.63, 3.8) is 0 Å². The molecule has 1 aromatic rings. The van der Waals surface area contributed by atoms with Gasteiger partial charge >= 0.3 is 0 Å². The van der Waals surface area contributed by atoms with Gasteiger partial charge in [0, 0.05) is 43.7 Å². The Kier molecular flexibility index (Phi) is 5.73. The second-order valence-electron chi connectivity index (χ2n) is 5.76. The van der Waals surface area contributed by atoms with E-state index in [9.17, 15) is 14.4 Å². The van der Waals surface area contributed by atoms with Crippen LogP contribution in [0.25, 0.3) is 0 Å². The number of carbonyl (C=O) groups is 3. The SMILES string of the molecule is CCC(=O)N1CCC(C(=O)Nc2ccc(NC(C)=O)cc2)CC1. The lowest BCUT2D eigenvalue weighted by molar-refractivity contribution is -0.134. The first-order chi connectivity index (χ1) is 11.0. The van der Waals surface area contributed by atoms with Crippen LogP contribution in [0.1, 0.15) is 33.1 Å². The van der Waals surface area contributed by atoms with Crippen molar-refractivity contribution >= 4 is 29.1 Å². The highest BCUT2D eigenvalue weighted by molar-refractivity contribution is 5.93. The van der Waals surface area contributed by atoms with E-state index in [1.54, 1.807) is 24.3 Å². The molecule has 6 nitrogen and oxygen atoms in total. The molecule has 0 radical (unpaired) electrons. The van der Waals surface area contributed by atoms with Gasteiger partial charge < -0.3 is 15.5 Å². The Balaban J connectivity index is 1.85. The van der Waals surface area contributed by atoms with E-state index in [1.165, 1.54) is 6.92 Å². The highest BCUT2D eigenvalue weighted by Crippen LogP contribution is 2.21. The lowest BCUT2D eigenvalue weighted by Gasteiger charge is -2.31. The van der Waals surface area contributed by atoms with Gasteiger partial charge in [-0.05, 0) is 37.1 Å². The van der Waals surface area contributed by atoms with Crippen LogP contribution in [0.2, 0.25) is 0 Å². The fraction of sp³-hybridized carbons (Fsp3) is 0.471. The molecule has 0 bridgehead atoms. The van der Waals surface area contributed by atoms with Crippen molar-refractivity contribution in [3.05, 3.63) is 24.3 Å². The maximum Gasteiger partial charge on any atom is 0.227 e. The lowest BCUT2D eigenvalue weighted by atomic mass is 9.95. The molecule has 0 saturated carbocycles. The molecule has 6 heteroatoms. The number of carbonyl (C=O) groups excluding carboxylic acids is 3. The molecule has 1 saturated heterocycles. The minimum absolute atomic E-state index is 0.0131. The molecular weight excluding hydrogens is 294 g/mol. The van der Waals surface area contributed by atoms with E-state index in [0.29, 0.717) is 43.7 Å². The number of nitrogens with one attached hydrogen (secondary N) is 2. The summed E-state index contributed by atoms with van der Waals surface area (Å²) in [7, 11) is 0. The first-order valence-corrected chi connectivity index (χ1v) is 7.96. The van der Waals surface area contributed by atoms with Crippen molar-refractivity contribution in [3.8, 4) is 0 Å². The Morgan fingerprint density at radius 1 is 1.04 bits per heavy atom. The Labute approximate surface area is 136 Å². The average Bonchev–Trinajstić information content (AvgIpc) is 2.55. The Hall–Kier alpha value is -2.37.